The molecule has 3 nitrogen and oxygen atoms in total. The molecule has 1 aromatic heterocycles. The number of carbonyl (C=O) groups excluding carboxylic acids is 1. The fourth-order valence-corrected chi connectivity index (χ4v) is 2.39. The van der Waals surface area contributed by atoms with Gasteiger partial charge >= 0.3 is 0 Å². The number of nitrogens with one attached hydrogen (secondary N) is 1. The molecule has 0 fully saturated rings. The van der Waals surface area contributed by atoms with Crippen molar-refractivity contribution in [2.24, 2.45) is 0 Å². The van der Waals surface area contributed by atoms with E-state index in [4.69, 9.17) is 0 Å². The zero-order valence-corrected chi connectivity index (χ0v) is 13.0. The molecule has 2 rings (SSSR count). The number of benzene rings is 1. The molecule has 0 saturated heterocycles. The molecule has 1 heterocycles. The van der Waals surface area contributed by atoms with Crippen molar-refractivity contribution in [2.45, 2.75) is 26.3 Å². The molecule has 0 saturated carbocycles. The lowest BCUT2D eigenvalue weighted by Crippen LogP contribution is -2.39. The van der Waals surface area contributed by atoms with Crippen LogP contribution in [0, 0.1) is 5.82 Å². The summed E-state index contributed by atoms with van der Waals surface area (Å²) in [5, 5.41) is 5.46. The van der Waals surface area contributed by atoms with Gasteiger partial charge in [-0.15, -0.1) is 11.3 Å². The number of hydrogen-bond acceptors (Lipinski definition) is 3. The number of amides is 1. The Morgan fingerprint density at radius 3 is 2.57 bits per heavy atom. The second-order valence-corrected chi connectivity index (χ2v) is 6.54. The molecule has 1 N–H and O–H groups in total. The summed E-state index contributed by atoms with van der Waals surface area (Å²) in [5.74, 6) is -0.422. The highest BCUT2D eigenvalue weighted by Crippen LogP contribution is 2.22. The van der Waals surface area contributed by atoms with Gasteiger partial charge in [-0.1, -0.05) is 0 Å². The first kappa shape index (κ1) is 15.4. The van der Waals surface area contributed by atoms with Crippen molar-refractivity contribution in [2.75, 3.05) is 0 Å². The van der Waals surface area contributed by atoms with Crippen molar-refractivity contribution in [3.63, 3.8) is 0 Å². The van der Waals surface area contributed by atoms with Gasteiger partial charge in [-0.05, 0) is 51.1 Å². The zero-order valence-electron chi connectivity index (χ0n) is 12.2. The molecule has 0 aliphatic heterocycles. The predicted molar refractivity (Wildman–Crippen MR) is 84.4 cm³/mol. The average Bonchev–Trinajstić information content (AvgIpc) is 2.84. The van der Waals surface area contributed by atoms with E-state index in [2.05, 4.69) is 10.3 Å². The van der Waals surface area contributed by atoms with E-state index < -0.39 is 0 Å². The Bertz CT molecular complexity index is 654. The minimum atomic E-state index is -0.270. The van der Waals surface area contributed by atoms with E-state index in [0.29, 0.717) is 0 Å². The monoisotopic (exact) mass is 304 g/mol. The second kappa shape index (κ2) is 6.18. The van der Waals surface area contributed by atoms with Crippen molar-refractivity contribution in [1.29, 1.82) is 0 Å². The van der Waals surface area contributed by atoms with Crippen LogP contribution in [0.1, 0.15) is 25.8 Å². The van der Waals surface area contributed by atoms with Gasteiger partial charge in [0.05, 0.1) is 5.69 Å². The number of carbonyl (C=O) groups is 1. The van der Waals surface area contributed by atoms with Crippen molar-refractivity contribution in [3.8, 4) is 11.3 Å². The smallest absolute Gasteiger partial charge is 0.244 e. The zero-order chi connectivity index (χ0) is 15.5. The lowest BCUT2D eigenvalue weighted by atomic mass is 10.1. The van der Waals surface area contributed by atoms with Crippen LogP contribution >= 0.6 is 11.3 Å². The summed E-state index contributed by atoms with van der Waals surface area (Å²) in [6, 6.07) is 6.18. The van der Waals surface area contributed by atoms with Crippen molar-refractivity contribution >= 4 is 23.3 Å². The van der Waals surface area contributed by atoms with Crippen molar-refractivity contribution in [3.05, 3.63) is 46.5 Å². The van der Waals surface area contributed by atoms with Crippen LogP contribution in [0.4, 0.5) is 4.39 Å². The Balaban J connectivity index is 2.06. The standard InChI is InChI=1S/C16H17FN2OS/c1-16(2,3)19-14(20)8-9-15-18-13(10-21-15)11-4-6-12(17)7-5-11/h4-10H,1-3H3,(H,19,20)/b9-8+. The van der Waals surface area contributed by atoms with Crippen molar-refractivity contribution in [1.82, 2.24) is 10.3 Å². The highest BCUT2D eigenvalue weighted by atomic mass is 32.1. The highest BCUT2D eigenvalue weighted by molar-refractivity contribution is 7.10. The number of aromatic nitrogens is 1. The Hall–Kier alpha value is -2.01. The minimum Gasteiger partial charge on any atom is -0.348 e. The maximum atomic E-state index is 12.9. The topological polar surface area (TPSA) is 42.0 Å². The third-order valence-corrected chi connectivity index (χ3v) is 3.35. The number of halogens is 1. The van der Waals surface area contributed by atoms with Crippen LogP contribution in [0.25, 0.3) is 17.3 Å². The molecule has 0 aliphatic carbocycles. The fourth-order valence-electron chi connectivity index (χ4n) is 1.68. The highest BCUT2D eigenvalue weighted by Gasteiger charge is 2.11. The van der Waals surface area contributed by atoms with Crippen LogP contribution in [-0.2, 0) is 4.79 Å². The summed E-state index contributed by atoms with van der Waals surface area (Å²) >= 11 is 1.44. The van der Waals surface area contributed by atoms with Crippen LogP contribution in [0.3, 0.4) is 0 Å². The van der Waals surface area contributed by atoms with E-state index in [0.717, 1.165) is 16.3 Å². The predicted octanol–water partition coefficient (Wildman–Crippen LogP) is 3.88. The SMILES string of the molecule is CC(C)(C)NC(=O)/C=C/c1nc(-c2ccc(F)cc2)cs1. The molecule has 21 heavy (non-hydrogen) atoms. The molecule has 1 aromatic carbocycles. The maximum Gasteiger partial charge on any atom is 0.244 e. The number of nitrogens with zero attached hydrogens (tertiary/aromatic N) is 1. The van der Waals surface area contributed by atoms with Gasteiger partial charge in [-0.25, -0.2) is 9.37 Å². The normalized spacial score (nSPS) is 11.8. The first-order chi connectivity index (χ1) is 9.83. The summed E-state index contributed by atoms with van der Waals surface area (Å²) in [6.45, 7) is 5.78. The molecular formula is C16H17FN2OS. The van der Waals surface area contributed by atoms with Gasteiger partial charge in [-0.3, -0.25) is 4.79 Å². The van der Waals surface area contributed by atoms with Gasteiger partial charge < -0.3 is 5.32 Å². The van der Waals surface area contributed by atoms with Crippen LogP contribution in [0.2, 0.25) is 0 Å². The summed E-state index contributed by atoms with van der Waals surface area (Å²) in [6.07, 6.45) is 3.15. The van der Waals surface area contributed by atoms with Crippen LogP contribution in [0.5, 0.6) is 0 Å². The minimum absolute atomic E-state index is 0.152. The first-order valence-electron chi connectivity index (χ1n) is 6.55. The fraction of sp³-hybridized carbons (Fsp3) is 0.250. The van der Waals surface area contributed by atoms with Gasteiger partial charge in [0, 0.05) is 22.6 Å². The van der Waals surface area contributed by atoms with Gasteiger partial charge in [-0.2, -0.15) is 0 Å². The molecule has 0 unspecified atom stereocenters. The van der Waals surface area contributed by atoms with Crippen LogP contribution in [0.15, 0.2) is 35.7 Å². The second-order valence-electron chi connectivity index (χ2n) is 5.65. The summed E-state index contributed by atoms with van der Waals surface area (Å²) in [4.78, 5) is 16.1. The molecular weight excluding hydrogens is 287 g/mol. The van der Waals surface area contributed by atoms with Gasteiger partial charge in [0.15, 0.2) is 0 Å². The molecule has 5 heteroatoms. The van der Waals surface area contributed by atoms with Gasteiger partial charge in [0.2, 0.25) is 5.91 Å². The van der Waals surface area contributed by atoms with Gasteiger partial charge in [0.25, 0.3) is 0 Å². The van der Waals surface area contributed by atoms with Crippen LogP contribution in [-0.4, -0.2) is 16.4 Å². The van der Waals surface area contributed by atoms with Crippen molar-refractivity contribution < 1.29 is 9.18 Å². The first-order valence-corrected chi connectivity index (χ1v) is 7.43. The van der Waals surface area contributed by atoms with E-state index in [1.165, 1.54) is 29.5 Å². The third kappa shape index (κ3) is 4.79. The molecule has 1 amide bonds. The molecule has 110 valence electrons. The van der Waals surface area contributed by atoms with E-state index in [-0.39, 0.29) is 17.3 Å². The molecule has 2 aromatic rings. The van der Waals surface area contributed by atoms with Gasteiger partial charge in [0.1, 0.15) is 10.8 Å². The number of rotatable bonds is 3. The lowest BCUT2D eigenvalue weighted by Gasteiger charge is -2.18. The van der Waals surface area contributed by atoms with E-state index in [1.54, 1.807) is 18.2 Å². The van der Waals surface area contributed by atoms with E-state index in [9.17, 15) is 9.18 Å². The molecule has 0 atom stereocenters. The molecule has 0 aliphatic rings. The third-order valence-electron chi connectivity index (χ3n) is 2.54. The summed E-state index contributed by atoms with van der Waals surface area (Å²) < 4.78 is 12.9. The lowest BCUT2D eigenvalue weighted by molar-refractivity contribution is -0.117. The van der Waals surface area contributed by atoms with Crippen LogP contribution < -0.4 is 5.32 Å². The largest absolute Gasteiger partial charge is 0.348 e. The molecule has 0 radical (unpaired) electrons. The molecule has 0 bridgehead atoms. The maximum absolute atomic E-state index is 12.9. The number of thiazole rings is 1. The summed E-state index contributed by atoms with van der Waals surface area (Å²) in [5.41, 5.74) is 1.37. The van der Waals surface area contributed by atoms with E-state index in [1.807, 2.05) is 26.2 Å². The Labute approximate surface area is 127 Å². The Kier molecular flexibility index (Phi) is 4.53. The number of hydrogen-bond donors (Lipinski definition) is 1. The average molecular weight is 304 g/mol. The summed E-state index contributed by atoms with van der Waals surface area (Å²) in [7, 11) is 0. The Morgan fingerprint density at radius 1 is 1.29 bits per heavy atom. The molecule has 0 spiro atoms. The van der Waals surface area contributed by atoms with E-state index >= 15 is 0 Å². The quantitative estimate of drug-likeness (QED) is 0.874. The Morgan fingerprint density at radius 2 is 1.95 bits per heavy atom.